The van der Waals surface area contributed by atoms with Crippen molar-refractivity contribution in [1.82, 2.24) is 0 Å². The Morgan fingerprint density at radius 1 is 1.05 bits per heavy atom. The van der Waals surface area contributed by atoms with Gasteiger partial charge >= 0.3 is 0 Å². The number of nitrogens with one attached hydrogen (secondary N) is 2. The molecular weight excluding hydrogens is 272 g/mol. The van der Waals surface area contributed by atoms with E-state index in [4.69, 9.17) is 0 Å². The second-order valence-electron chi connectivity index (χ2n) is 5.82. The predicted octanol–water partition coefficient (Wildman–Crippen LogP) is 4.56. The van der Waals surface area contributed by atoms with E-state index in [1.807, 2.05) is 30.3 Å². The van der Waals surface area contributed by atoms with Crippen LogP contribution < -0.4 is 10.6 Å². The molecule has 1 amide bonds. The van der Waals surface area contributed by atoms with Gasteiger partial charge in [-0.15, -0.1) is 0 Å². The van der Waals surface area contributed by atoms with Crippen molar-refractivity contribution in [2.24, 2.45) is 0 Å². The highest BCUT2D eigenvalue weighted by Gasteiger charge is 2.04. The van der Waals surface area contributed by atoms with Gasteiger partial charge in [0, 0.05) is 24.3 Å². The van der Waals surface area contributed by atoms with Crippen LogP contribution in [0.25, 0.3) is 0 Å². The maximum atomic E-state index is 12.0. The van der Waals surface area contributed by atoms with Crippen molar-refractivity contribution >= 4 is 17.3 Å². The summed E-state index contributed by atoms with van der Waals surface area (Å²) in [6.07, 6.45) is 0.445. The number of rotatable bonds is 6. The van der Waals surface area contributed by atoms with Gasteiger partial charge in [-0.2, -0.15) is 0 Å². The third-order valence-electron chi connectivity index (χ3n) is 3.67. The first kappa shape index (κ1) is 16.1. The Labute approximate surface area is 132 Å². The van der Waals surface area contributed by atoms with Crippen molar-refractivity contribution in [2.75, 3.05) is 17.2 Å². The summed E-state index contributed by atoms with van der Waals surface area (Å²) >= 11 is 0. The van der Waals surface area contributed by atoms with Crippen LogP contribution in [0.3, 0.4) is 0 Å². The zero-order chi connectivity index (χ0) is 15.9. The largest absolute Gasteiger partial charge is 0.384 e. The van der Waals surface area contributed by atoms with Crippen molar-refractivity contribution in [3.8, 4) is 0 Å². The fraction of sp³-hybridized carbons (Fsp3) is 0.316. The fourth-order valence-electron chi connectivity index (χ4n) is 2.26. The van der Waals surface area contributed by atoms with Crippen molar-refractivity contribution in [1.29, 1.82) is 0 Å². The van der Waals surface area contributed by atoms with E-state index in [1.165, 1.54) is 11.1 Å². The van der Waals surface area contributed by atoms with E-state index < -0.39 is 0 Å². The zero-order valence-corrected chi connectivity index (χ0v) is 13.5. The molecule has 2 aromatic rings. The summed E-state index contributed by atoms with van der Waals surface area (Å²) in [4.78, 5) is 12.0. The lowest BCUT2D eigenvalue weighted by molar-refractivity contribution is -0.115. The average molecular weight is 296 g/mol. The molecule has 0 aliphatic rings. The summed E-state index contributed by atoms with van der Waals surface area (Å²) in [5.41, 5.74) is 4.40. The molecule has 0 saturated carbocycles. The van der Waals surface area contributed by atoms with E-state index in [2.05, 4.69) is 49.6 Å². The minimum Gasteiger partial charge on any atom is -0.384 e. The smallest absolute Gasteiger partial charge is 0.226 e. The lowest BCUT2D eigenvalue weighted by Gasteiger charge is -2.10. The SMILES string of the molecule is Cc1ccccc1NCCC(=O)Nc1ccc(C(C)C)cc1. The van der Waals surface area contributed by atoms with Gasteiger partial charge in [-0.1, -0.05) is 44.2 Å². The topological polar surface area (TPSA) is 41.1 Å². The van der Waals surface area contributed by atoms with Gasteiger partial charge < -0.3 is 10.6 Å². The first-order chi connectivity index (χ1) is 10.6. The van der Waals surface area contributed by atoms with Gasteiger partial charge in [0.2, 0.25) is 5.91 Å². The van der Waals surface area contributed by atoms with Crippen LogP contribution in [-0.4, -0.2) is 12.5 Å². The number of hydrogen-bond acceptors (Lipinski definition) is 2. The third kappa shape index (κ3) is 4.62. The second kappa shape index (κ2) is 7.64. The first-order valence-electron chi connectivity index (χ1n) is 7.75. The third-order valence-corrected chi connectivity index (χ3v) is 3.67. The van der Waals surface area contributed by atoms with Gasteiger partial charge in [-0.25, -0.2) is 0 Å². The van der Waals surface area contributed by atoms with Crippen molar-refractivity contribution in [3.63, 3.8) is 0 Å². The summed E-state index contributed by atoms with van der Waals surface area (Å²) < 4.78 is 0. The number of aryl methyl sites for hydroxylation is 1. The maximum absolute atomic E-state index is 12.0. The van der Waals surface area contributed by atoms with Crippen LogP contribution in [0.4, 0.5) is 11.4 Å². The van der Waals surface area contributed by atoms with E-state index >= 15 is 0 Å². The van der Waals surface area contributed by atoms with E-state index in [9.17, 15) is 4.79 Å². The first-order valence-corrected chi connectivity index (χ1v) is 7.75. The monoisotopic (exact) mass is 296 g/mol. The Bertz CT molecular complexity index is 618. The van der Waals surface area contributed by atoms with Gasteiger partial charge in [0.05, 0.1) is 0 Å². The number of carbonyl (C=O) groups is 1. The van der Waals surface area contributed by atoms with E-state index in [0.29, 0.717) is 18.9 Å². The standard InChI is InChI=1S/C19H24N2O/c1-14(2)16-8-10-17(11-9-16)21-19(22)12-13-20-18-7-5-4-6-15(18)3/h4-11,14,20H,12-13H2,1-3H3,(H,21,22). The van der Waals surface area contributed by atoms with E-state index in [-0.39, 0.29) is 5.91 Å². The molecule has 0 aliphatic carbocycles. The van der Waals surface area contributed by atoms with E-state index in [1.54, 1.807) is 0 Å². The highest BCUT2D eigenvalue weighted by molar-refractivity contribution is 5.91. The lowest BCUT2D eigenvalue weighted by atomic mass is 10.0. The molecule has 0 unspecified atom stereocenters. The highest BCUT2D eigenvalue weighted by atomic mass is 16.1. The number of para-hydroxylation sites is 1. The molecule has 0 atom stereocenters. The Morgan fingerprint density at radius 3 is 2.36 bits per heavy atom. The Balaban J connectivity index is 1.79. The molecule has 2 N–H and O–H groups in total. The Hall–Kier alpha value is -2.29. The number of amides is 1. The van der Waals surface area contributed by atoms with E-state index in [0.717, 1.165) is 11.4 Å². The van der Waals surface area contributed by atoms with Gasteiger partial charge in [0.1, 0.15) is 0 Å². The quantitative estimate of drug-likeness (QED) is 0.820. The molecular formula is C19H24N2O. The molecule has 0 aliphatic heterocycles. The van der Waals surface area contributed by atoms with Crippen molar-refractivity contribution < 1.29 is 4.79 Å². The summed E-state index contributed by atoms with van der Waals surface area (Å²) in [5, 5.41) is 6.22. The van der Waals surface area contributed by atoms with Crippen LogP contribution in [-0.2, 0) is 4.79 Å². The molecule has 3 nitrogen and oxygen atoms in total. The number of benzene rings is 2. The average Bonchev–Trinajstić information content (AvgIpc) is 2.50. The number of anilines is 2. The molecule has 0 fully saturated rings. The second-order valence-corrected chi connectivity index (χ2v) is 5.82. The van der Waals surface area contributed by atoms with Gasteiger partial charge in [0.25, 0.3) is 0 Å². The van der Waals surface area contributed by atoms with Crippen LogP contribution in [0.1, 0.15) is 37.3 Å². The molecule has 116 valence electrons. The number of carbonyl (C=O) groups excluding carboxylic acids is 1. The molecule has 0 radical (unpaired) electrons. The van der Waals surface area contributed by atoms with Crippen molar-refractivity contribution in [2.45, 2.75) is 33.1 Å². The van der Waals surface area contributed by atoms with Crippen LogP contribution >= 0.6 is 0 Å². The van der Waals surface area contributed by atoms with Crippen LogP contribution in [0.15, 0.2) is 48.5 Å². The fourth-order valence-corrected chi connectivity index (χ4v) is 2.26. The summed E-state index contributed by atoms with van der Waals surface area (Å²) in [6, 6.07) is 16.1. The van der Waals surface area contributed by atoms with Gasteiger partial charge in [0.15, 0.2) is 0 Å². The molecule has 0 aromatic heterocycles. The summed E-state index contributed by atoms with van der Waals surface area (Å²) in [6.45, 7) is 7.00. The highest BCUT2D eigenvalue weighted by Crippen LogP contribution is 2.17. The van der Waals surface area contributed by atoms with Gasteiger partial charge in [-0.05, 0) is 42.2 Å². The minimum absolute atomic E-state index is 0.0263. The molecule has 0 bridgehead atoms. The van der Waals surface area contributed by atoms with Crippen LogP contribution in [0.5, 0.6) is 0 Å². The van der Waals surface area contributed by atoms with Crippen LogP contribution in [0.2, 0.25) is 0 Å². The van der Waals surface area contributed by atoms with Gasteiger partial charge in [-0.3, -0.25) is 4.79 Å². The Kier molecular flexibility index (Phi) is 5.59. The molecule has 22 heavy (non-hydrogen) atoms. The zero-order valence-electron chi connectivity index (χ0n) is 13.5. The number of hydrogen-bond donors (Lipinski definition) is 2. The molecule has 2 aromatic carbocycles. The Morgan fingerprint density at radius 2 is 1.73 bits per heavy atom. The normalized spacial score (nSPS) is 10.5. The van der Waals surface area contributed by atoms with Crippen molar-refractivity contribution in [3.05, 3.63) is 59.7 Å². The summed E-state index contributed by atoms with van der Waals surface area (Å²) in [7, 11) is 0. The molecule has 3 heteroatoms. The molecule has 2 rings (SSSR count). The van der Waals surface area contributed by atoms with Crippen LogP contribution in [0, 0.1) is 6.92 Å². The molecule has 0 saturated heterocycles. The maximum Gasteiger partial charge on any atom is 0.226 e. The minimum atomic E-state index is 0.0263. The summed E-state index contributed by atoms with van der Waals surface area (Å²) in [5.74, 6) is 0.529. The molecule has 0 spiro atoms. The predicted molar refractivity (Wildman–Crippen MR) is 93.4 cm³/mol. The molecule has 0 heterocycles. The lowest BCUT2D eigenvalue weighted by Crippen LogP contribution is -2.16.